The summed E-state index contributed by atoms with van der Waals surface area (Å²) in [6.45, 7) is 4.10. The van der Waals surface area contributed by atoms with E-state index in [1.807, 2.05) is 42.2 Å². The molecule has 0 fully saturated rings. The summed E-state index contributed by atoms with van der Waals surface area (Å²) in [7, 11) is 1.78. The van der Waals surface area contributed by atoms with E-state index in [1.54, 1.807) is 17.9 Å². The molecule has 0 spiro atoms. The molecule has 0 saturated heterocycles. The SMILES string of the molecule is CCC1Cc2c(nn(C)c2-c2cc(F)cc(F)c2)C(CC)N1C(=O)c1ccc2ncccc2c1. The van der Waals surface area contributed by atoms with E-state index in [2.05, 4.69) is 11.9 Å². The maximum atomic E-state index is 14.0. The van der Waals surface area contributed by atoms with E-state index in [0.717, 1.165) is 34.6 Å². The summed E-state index contributed by atoms with van der Waals surface area (Å²) in [5, 5.41) is 5.67. The monoisotopic (exact) mass is 460 g/mol. The highest BCUT2D eigenvalue weighted by atomic mass is 19.1. The Hall–Kier alpha value is -3.61. The molecule has 2 atom stereocenters. The van der Waals surface area contributed by atoms with E-state index < -0.39 is 11.6 Å². The van der Waals surface area contributed by atoms with Gasteiger partial charge in [0.2, 0.25) is 0 Å². The Bertz CT molecular complexity index is 1380. The number of aromatic nitrogens is 3. The first-order chi connectivity index (χ1) is 16.4. The van der Waals surface area contributed by atoms with Gasteiger partial charge < -0.3 is 4.90 Å². The van der Waals surface area contributed by atoms with Crippen LogP contribution in [-0.2, 0) is 13.5 Å². The fourth-order valence-corrected chi connectivity index (χ4v) is 5.23. The van der Waals surface area contributed by atoms with Gasteiger partial charge in [-0.3, -0.25) is 14.5 Å². The van der Waals surface area contributed by atoms with Crippen molar-refractivity contribution >= 4 is 16.8 Å². The number of amides is 1. The van der Waals surface area contributed by atoms with Crippen molar-refractivity contribution in [2.24, 2.45) is 7.05 Å². The summed E-state index contributed by atoms with van der Waals surface area (Å²) in [5.74, 6) is -1.29. The Balaban J connectivity index is 1.60. The van der Waals surface area contributed by atoms with Gasteiger partial charge in [0.15, 0.2) is 0 Å². The molecule has 1 aliphatic rings. The molecular formula is C27H26F2N4O. The molecule has 0 N–H and O–H groups in total. The van der Waals surface area contributed by atoms with Crippen LogP contribution >= 0.6 is 0 Å². The zero-order chi connectivity index (χ0) is 24.0. The molecule has 0 aliphatic carbocycles. The Morgan fingerprint density at radius 3 is 2.53 bits per heavy atom. The lowest BCUT2D eigenvalue weighted by molar-refractivity contribution is 0.0513. The summed E-state index contributed by atoms with van der Waals surface area (Å²) >= 11 is 0. The highest BCUT2D eigenvalue weighted by Crippen LogP contribution is 2.41. The molecule has 0 radical (unpaired) electrons. The second kappa shape index (κ2) is 8.63. The first-order valence-electron chi connectivity index (χ1n) is 11.6. The zero-order valence-electron chi connectivity index (χ0n) is 19.4. The topological polar surface area (TPSA) is 51.0 Å². The number of rotatable bonds is 4. The lowest BCUT2D eigenvalue weighted by Gasteiger charge is -2.41. The molecule has 5 nitrogen and oxygen atoms in total. The normalized spacial score (nSPS) is 17.7. The molecule has 34 heavy (non-hydrogen) atoms. The second-order valence-electron chi connectivity index (χ2n) is 8.81. The molecule has 7 heteroatoms. The number of aryl methyl sites for hydroxylation is 1. The van der Waals surface area contributed by atoms with Crippen molar-refractivity contribution < 1.29 is 13.6 Å². The van der Waals surface area contributed by atoms with E-state index in [0.29, 0.717) is 29.7 Å². The Morgan fingerprint density at radius 2 is 1.82 bits per heavy atom. The van der Waals surface area contributed by atoms with E-state index in [-0.39, 0.29) is 18.0 Å². The summed E-state index contributed by atoms with van der Waals surface area (Å²) in [5.41, 5.74) is 4.37. The van der Waals surface area contributed by atoms with Crippen LogP contribution in [0.3, 0.4) is 0 Å². The van der Waals surface area contributed by atoms with E-state index >= 15 is 0 Å². The standard InChI is InChI=1S/C27H26F2N4O/c1-4-21-15-22-25(31-32(3)26(22)18-12-19(28)14-20(29)13-18)24(5-2)33(21)27(34)17-8-9-23-16(11-17)7-6-10-30-23/h6-14,21,24H,4-5,15H2,1-3H3. The van der Waals surface area contributed by atoms with Crippen LogP contribution in [0.4, 0.5) is 8.78 Å². The highest BCUT2D eigenvalue weighted by Gasteiger charge is 2.40. The number of fused-ring (bicyclic) bond motifs is 2. The van der Waals surface area contributed by atoms with Gasteiger partial charge in [-0.25, -0.2) is 8.78 Å². The molecular weight excluding hydrogens is 434 g/mol. The van der Waals surface area contributed by atoms with Gasteiger partial charge in [-0.05, 0) is 55.7 Å². The maximum Gasteiger partial charge on any atom is 0.254 e. The third-order valence-corrected chi connectivity index (χ3v) is 6.74. The van der Waals surface area contributed by atoms with Crippen LogP contribution in [-0.4, -0.2) is 31.6 Å². The van der Waals surface area contributed by atoms with Crippen molar-refractivity contribution in [3.05, 3.63) is 83.2 Å². The molecule has 2 unspecified atom stereocenters. The number of pyridine rings is 1. The lowest BCUT2D eigenvalue weighted by atomic mass is 9.87. The van der Waals surface area contributed by atoms with Crippen molar-refractivity contribution in [3.8, 4) is 11.3 Å². The smallest absolute Gasteiger partial charge is 0.254 e. The van der Waals surface area contributed by atoms with Gasteiger partial charge in [0.05, 0.1) is 22.9 Å². The first-order valence-corrected chi connectivity index (χ1v) is 11.6. The molecule has 2 aromatic carbocycles. The Kier molecular flexibility index (Phi) is 5.63. The molecule has 0 bridgehead atoms. The average molecular weight is 461 g/mol. The van der Waals surface area contributed by atoms with Crippen LogP contribution in [0.2, 0.25) is 0 Å². The predicted octanol–water partition coefficient (Wildman–Crippen LogP) is 5.84. The minimum Gasteiger partial charge on any atom is -0.327 e. The molecule has 2 aromatic heterocycles. The molecule has 3 heterocycles. The molecule has 5 rings (SSSR count). The van der Waals surface area contributed by atoms with Crippen LogP contribution in [0.5, 0.6) is 0 Å². The molecule has 1 amide bonds. The third-order valence-electron chi connectivity index (χ3n) is 6.74. The van der Waals surface area contributed by atoms with Crippen molar-refractivity contribution in [3.63, 3.8) is 0 Å². The van der Waals surface area contributed by atoms with Crippen LogP contribution in [0, 0.1) is 11.6 Å². The van der Waals surface area contributed by atoms with Crippen molar-refractivity contribution in [2.45, 2.75) is 45.2 Å². The summed E-state index contributed by atoms with van der Waals surface area (Å²) in [6, 6.07) is 12.6. The number of benzene rings is 2. The fraction of sp³-hybridized carbons (Fsp3) is 0.296. The van der Waals surface area contributed by atoms with Gasteiger partial charge in [-0.15, -0.1) is 0 Å². The summed E-state index contributed by atoms with van der Waals surface area (Å²) in [6.07, 6.45) is 3.74. The van der Waals surface area contributed by atoms with Crippen LogP contribution in [0.1, 0.15) is 54.3 Å². The van der Waals surface area contributed by atoms with Gasteiger partial charge in [-0.2, -0.15) is 5.10 Å². The minimum absolute atomic E-state index is 0.0425. The molecule has 4 aromatic rings. The molecule has 0 saturated carbocycles. The number of carbonyl (C=O) groups is 1. The number of carbonyl (C=O) groups excluding carboxylic acids is 1. The van der Waals surface area contributed by atoms with E-state index in [1.165, 1.54) is 12.1 Å². The quantitative estimate of drug-likeness (QED) is 0.384. The number of hydrogen-bond donors (Lipinski definition) is 0. The zero-order valence-corrected chi connectivity index (χ0v) is 19.4. The van der Waals surface area contributed by atoms with Gasteiger partial charge in [0.1, 0.15) is 11.6 Å². The Labute approximate surface area is 197 Å². The highest BCUT2D eigenvalue weighted by molar-refractivity contribution is 5.98. The maximum absolute atomic E-state index is 14.0. The largest absolute Gasteiger partial charge is 0.327 e. The lowest BCUT2D eigenvalue weighted by Crippen LogP contribution is -2.47. The molecule has 174 valence electrons. The minimum atomic E-state index is -0.623. The summed E-state index contributed by atoms with van der Waals surface area (Å²) in [4.78, 5) is 20.1. The molecule has 1 aliphatic heterocycles. The van der Waals surface area contributed by atoms with Gasteiger partial charge in [0.25, 0.3) is 5.91 Å². The predicted molar refractivity (Wildman–Crippen MR) is 127 cm³/mol. The van der Waals surface area contributed by atoms with Crippen LogP contribution < -0.4 is 0 Å². The number of hydrogen-bond acceptors (Lipinski definition) is 3. The third kappa shape index (κ3) is 3.65. The number of halogens is 2. The van der Waals surface area contributed by atoms with Gasteiger partial charge >= 0.3 is 0 Å². The van der Waals surface area contributed by atoms with Crippen molar-refractivity contribution in [1.82, 2.24) is 19.7 Å². The van der Waals surface area contributed by atoms with Gasteiger partial charge in [-0.1, -0.05) is 19.9 Å². The van der Waals surface area contributed by atoms with Crippen molar-refractivity contribution in [1.29, 1.82) is 0 Å². The fourth-order valence-electron chi connectivity index (χ4n) is 5.23. The second-order valence-corrected chi connectivity index (χ2v) is 8.81. The average Bonchev–Trinajstić information content (AvgIpc) is 3.16. The van der Waals surface area contributed by atoms with Gasteiger partial charge in [0, 0.05) is 47.4 Å². The summed E-state index contributed by atoms with van der Waals surface area (Å²) < 4.78 is 29.7. The van der Waals surface area contributed by atoms with E-state index in [9.17, 15) is 13.6 Å². The van der Waals surface area contributed by atoms with Crippen LogP contribution in [0.15, 0.2) is 54.7 Å². The van der Waals surface area contributed by atoms with Crippen molar-refractivity contribution in [2.75, 3.05) is 0 Å². The number of nitrogens with zero attached hydrogens (tertiary/aromatic N) is 4. The van der Waals surface area contributed by atoms with Crippen LogP contribution in [0.25, 0.3) is 22.2 Å². The van der Waals surface area contributed by atoms with E-state index in [4.69, 9.17) is 5.10 Å². The first kappa shape index (κ1) is 22.2. The Morgan fingerprint density at radius 1 is 1.06 bits per heavy atom.